The second-order valence-electron chi connectivity index (χ2n) is 7.58. The smallest absolute Gasteiger partial charge is 0.270 e. The number of aryl methyl sites for hydroxylation is 1. The van der Waals surface area contributed by atoms with E-state index in [0.29, 0.717) is 5.84 Å². The van der Waals surface area contributed by atoms with Crippen LogP contribution >= 0.6 is 0 Å². The highest BCUT2D eigenvalue weighted by atomic mass is 16.2. The van der Waals surface area contributed by atoms with Crippen LogP contribution in [0.15, 0.2) is 29.3 Å². The van der Waals surface area contributed by atoms with E-state index in [9.17, 15) is 9.59 Å². The number of benzene rings is 1. The number of urea groups is 1. The topological polar surface area (TPSA) is 59.2 Å². The maximum absolute atomic E-state index is 13.2. The molecule has 0 radical (unpaired) electrons. The molecule has 27 heavy (non-hydrogen) atoms. The van der Waals surface area contributed by atoms with Crippen LogP contribution in [-0.4, -0.2) is 76.2 Å². The fourth-order valence-electron chi connectivity index (χ4n) is 4.00. The average molecular weight is 368 g/mol. The number of hydrogen-bond donors (Lipinski definition) is 0. The van der Waals surface area contributed by atoms with Gasteiger partial charge in [0.15, 0.2) is 0 Å². The van der Waals surface area contributed by atoms with Crippen molar-refractivity contribution < 1.29 is 14.2 Å². The maximum atomic E-state index is 13.2. The lowest BCUT2D eigenvalue weighted by molar-refractivity contribution is -0.542. The molecular weight excluding hydrogens is 342 g/mol. The molecule has 4 rings (SSSR count). The minimum atomic E-state index is -0.532. The van der Waals surface area contributed by atoms with E-state index in [2.05, 4.69) is 4.58 Å². The van der Waals surface area contributed by atoms with Gasteiger partial charge in [0.1, 0.15) is 0 Å². The van der Waals surface area contributed by atoms with Gasteiger partial charge in [0.2, 0.25) is 11.9 Å². The Labute approximate surface area is 159 Å². The van der Waals surface area contributed by atoms with Crippen molar-refractivity contribution in [3.8, 4) is 0 Å². The van der Waals surface area contributed by atoms with Gasteiger partial charge in [-0.15, -0.1) is 0 Å². The van der Waals surface area contributed by atoms with Crippen molar-refractivity contribution in [1.29, 1.82) is 0 Å². The van der Waals surface area contributed by atoms with E-state index in [-0.39, 0.29) is 18.5 Å². The van der Waals surface area contributed by atoms with E-state index in [1.807, 2.05) is 43.1 Å². The first-order valence-electron chi connectivity index (χ1n) is 9.55. The molecule has 0 bridgehead atoms. The zero-order chi connectivity index (χ0) is 19.1. The molecule has 0 spiro atoms. The number of carbonyl (C=O) groups is 2. The van der Waals surface area contributed by atoms with Crippen LogP contribution < -0.4 is 0 Å². The zero-order valence-electron chi connectivity index (χ0n) is 16.2. The van der Waals surface area contributed by atoms with Gasteiger partial charge in [-0.2, -0.15) is 0 Å². The SMILES string of the molecule is Cc1ccc(CN2C(=O)C3C(=NC(=[N+]4CCCCC4)N3C)N(C)C2=O)cc1. The van der Waals surface area contributed by atoms with Crippen molar-refractivity contribution in [3.05, 3.63) is 35.4 Å². The van der Waals surface area contributed by atoms with E-state index >= 15 is 0 Å². The molecular formula is C20H26N5O2+. The minimum Gasteiger partial charge on any atom is -0.270 e. The van der Waals surface area contributed by atoms with Gasteiger partial charge in [0.05, 0.1) is 26.7 Å². The Morgan fingerprint density at radius 3 is 2.41 bits per heavy atom. The number of fused-ring (bicyclic) bond motifs is 1. The fourth-order valence-corrected chi connectivity index (χ4v) is 4.00. The molecule has 1 aromatic carbocycles. The number of carbonyl (C=O) groups excluding carboxylic acids is 2. The van der Waals surface area contributed by atoms with E-state index in [4.69, 9.17) is 4.99 Å². The molecule has 3 aliphatic heterocycles. The standard InChI is InChI=1S/C20H26N5O2/c1-14-7-9-15(10-8-14)13-25-18(26)16-17(23(3)20(25)27)21-19(22(16)2)24-11-5-4-6-12-24/h7-10,16H,4-6,11-13H2,1-3H3/q+1. The molecule has 3 amide bonds. The Balaban J connectivity index is 1.64. The molecule has 142 valence electrons. The molecule has 7 heteroatoms. The van der Waals surface area contributed by atoms with Crippen LogP contribution in [0.25, 0.3) is 0 Å². The van der Waals surface area contributed by atoms with Crippen LogP contribution in [0, 0.1) is 6.92 Å². The Hall–Kier alpha value is -2.70. The first-order valence-corrected chi connectivity index (χ1v) is 9.55. The quantitative estimate of drug-likeness (QED) is 0.746. The summed E-state index contributed by atoms with van der Waals surface area (Å²) in [6.07, 6.45) is 3.50. The normalized spacial score (nSPS) is 23.1. The molecule has 1 aromatic rings. The average Bonchev–Trinajstić information content (AvgIpc) is 3.03. The van der Waals surface area contributed by atoms with E-state index < -0.39 is 6.04 Å². The molecule has 2 fully saturated rings. The van der Waals surface area contributed by atoms with Crippen molar-refractivity contribution in [2.24, 2.45) is 4.99 Å². The molecule has 0 aromatic heterocycles. The fraction of sp³-hybridized carbons (Fsp3) is 0.500. The van der Waals surface area contributed by atoms with Crippen molar-refractivity contribution >= 4 is 23.7 Å². The van der Waals surface area contributed by atoms with E-state index in [1.54, 1.807) is 7.05 Å². The van der Waals surface area contributed by atoms with Gasteiger partial charge in [-0.3, -0.25) is 19.2 Å². The number of hydrogen-bond acceptors (Lipinski definition) is 2. The van der Waals surface area contributed by atoms with Crippen molar-refractivity contribution in [1.82, 2.24) is 14.7 Å². The monoisotopic (exact) mass is 368 g/mol. The third-order valence-corrected chi connectivity index (χ3v) is 5.62. The number of imide groups is 1. The molecule has 0 aliphatic carbocycles. The van der Waals surface area contributed by atoms with Crippen molar-refractivity contribution in [2.75, 3.05) is 27.2 Å². The summed E-state index contributed by atoms with van der Waals surface area (Å²) < 4.78 is 2.23. The molecule has 2 saturated heterocycles. The number of guanidine groups is 1. The summed E-state index contributed by atoms with van der Waals surface area (Å²) in [5, 5.41) is 0. The van der Waals surface area contributed by atoms with Crippen LogP contribution in [0.5, 0.6) is 0 Å². The lowest BCUT2D eigenvalue weighted by atomic mass is 10.1. The van der Waals surface area contributed by atoms with Gasteiger partial charge in [0.25, 0.3) is 5.91 Å². The number of piperidine rings is 1. The minimum absolute atomic E-state index is 0.202. The van der Waals surface area contributed by atoms with E-state index in [0.717, 1.165) is 43.0 Å². The third-order valence-electron chi connectivity index (χ3n) is 5.62. The van der Waals surface area contributed by atoms with Crippen LogP contribution in [0.2, 0.25) is 0 Å². The first-order chi connectivity index (χ1) is 13.0. The Morgan fingerprint density at radius 2 is 1.74 bits per heavy atom. The molecule has 3 heterocycles. The summed E-state index contributed by atoms with van der Waals surface area (Å²) in [5.41, 5.74) is 2.09. The maximum Gasteiger partial charge on any atom is 0.392 e. The lowest BCUT2D eigenvalue weighted by Crippen LogP contribution is -2.63. The van der Waals surface area contributed by atoms with Crippen LogP contribution in [0.4, 0.5) is 4.79 Å². The Kier molecular flexibility index (Phi) is 4.45. The molecule has 0 saturated carbocycles. The molecule has 3 aliphatic rings. The second kappa shape index (κ2) is 6.79. The van der Waals surface area contributed by atoms with Crippen LogP contribution in [0.1, 0.15) is 30.4 Å². The first kappa shape index (κ1) is 17.7. The Bertz CT molecular complexity index is 834. The van der Waals surface area contributed by atoms with Crippen molar-refractivity contribution in [3.63, 3.8) is 0 Å². The summed E-state index contributed by atoms with van der Waals surface area (Å²) in [6.45, 7) is 4.19. The number of likely N-dealkylation sites (N-methyl/N-ethyl adjacent to an activating group) is 2. The van der Waals surface area contributed by atoms with Gasteiger partial charge >= 0.3 is 12.0 Å². The molecule has 0 N–H and O–H groups in total. The van der Waals surface area contributed by atoms with Crippen LogP contribution in [-0.2, 0) is 11.3 Å². The van der Waals surface area contributed by atoms with E-state index in [1.165, 1.54) is 16.2 Å². The summed E-state index contributed by atoms with van der Waals surface area (Å²) in [7, 11) is 3.60. The third kappa shape index (κ3) is 3.01. The number of nitrogens with zero attached hydrogens (tertiary/aromatic N) is 5. The number of amidine groups is 1. The summed E-state index contributed by atoms with van der Waals surface area (Å²) >= 11 is 0. The summed E-state index contributed by atoms with van der Waals surface area (Å²) in [4.78, 5) is 35.5. The number of amides is 3. The van der Waals surface area contributed by atoms with Gasteiger partial charge in [0, 0.05) is 7.05 Å². The number of aliphatic imine (C=N–C) groups is 1. The summed E-state index contributed by atoms with van der Waals surface area (Å²) in [6, 6.07) is 7.06. The van der Waals surface area contributed by atoms with Gasteiger partial charge in [-0.1, -0.05) is 34.8 Å². The molecule has 1 unspecified atom stereocenters. The highest BCUT2D eigenvalue weighted by Gasteiger charge is 2.54. The highest BCUT2D eigenvalue weighted by molar-refractivity contribution is 6.25. The van der Waals surface area contributed by atoms with Crippen LogP contribution in [0.3, 0.4) is 0 Å². The lowest BCUT2D eigenvalue weighted by Gasteiger charge is -2.34. The predicted molar refractivity (Wildman–Crippen MR) is 103 cm³/mol. The zero-order valence-corrected chi connectivity index (χ0v) is 16.2. The second-order valence-corrected chi connectivity index (χ2v) is 7.58. The van der Waals surface area contributed by atoms with Gasteiger partial charge in [-0.05, 0) is 31.7 Å². The summed E-state index contributed by atoms with van der Waals surface area (Å²) in [5.74, 6) is 1.14. The number of rotatable bonds is 2. The van der Waals surface area contributed by atoms with Crippen molar-refractivity contribution in [2.45, 2.75) is 38.8 Å². The Morgan fingerprint density at radius 1 is 1.07 bits per heavy atom. The molecule has 7 nitrogen and oxygen atoms in total. The molecule has 1 atom stereocenters. The van der Waals surface area contributed by atoms with Gasteiger partial charge in [-0.25, -0.2) is 9.69 Å². The predicted octanol–water partition coefficient (Wildman–Crippen LogP) is 1.65. The largest absolute Gasteiger partial charge is 0.392 e. The van der Waals surface area contributed by atoms with Gasteiger partial charge < -0.3 is 0 Å². The highest BCUT2D eigenvalue weighted by Crippen LogP contribution is 2.24.